The summed E-state index contributed by atoms with van der Waals surface area (Å²) in [5, 5.41) is 6.70. The molecule has 0 radical (unpaired) electrons. The molecular formula is C11H17N3O3. The van der Waals surface area contributed by atoms with Crippen LogP contribution in [0.3, 0.4) is 0 Å². The second-order valence-corrected chi connectivity index (χ2v) is 3.90. The maximum absolute atomic E-state index is 11.6. The van der Waals surface area contributed by atoms with Gasteiger partial charge in [-0.05, 0) is 26.8 Å². The van der Waals surface area contributed by atoms with Gasteiger partial charge in [0, 0.05) is 5.69 Å². The molecule has 1 rings (SSSR count). The Hall–Kier alpha value is -1.85. The Morgan fingerprint density at radius 1 is 1.53 bits per heavy atom. The van der Waals surface area contributed by atoms with Gasteiger partial charge in [-0.1, -0.05) is 0 Å². The van der Waals surface area contributed by atoms with E-state index in [1.165, 1.54) is 7.11 Å². The molecule has 17 heavy (non-hydrogen) atoms. The fourth-order valence-corrected chi connectivity index (χ4v) is 1.49. The number of carbonyl (C=O) groups excluding carboxylic acids is 2. The minimum Gasteiger partial charge on any atom is -0.467 e. The fourth-order valence-electron chi connectivity index (χ4n) is 1.49. The summed E-state index contributed by atoms with van der Waals surface area (Å²) in [4.78, 5) is 22.7. The van der Waals surface area contributed by atoms with E-state index in [-0.39, 0.29) is 12.5 Å². The van der Waals surface area contributed by atoms with Crippen LogP contribution in [0.25, 0.3) is 0 Å². The first kappa shape index (κ1) is 13.2. The molecule has 0 bridgehead atoms. The van der Waals surface area contributed by atoms with Gasteiger partial charge in [0.25, 0.3) is 0 Å². The van der Waals surface area contributed by atoms with Gasteiger partial charge in [-0.3, -0.25) is 9.48 Å². The van der Waals surface area contributed by atoms with Gasteiger partial charge in [0.05, 0.1) is 12.8 Å². The van der Waals surface area contributed by atoms with Crippen molar-refractivity contribution in [1.29, 1.82) is 0 Å². The third kappa shape index (κ3) is 3.58. The summed E-state index contributed by atoms with van der Waals surface area (Å²) in [6.45, 7) is 5.40. The van der Waals surface area contributed by atoms with E-state index in [1.807, 2.05) is 19.9 Å². The molecule has 0 saturated heterocycles. The molecule has 1 heterocycles. The molecular weight excluding hydrogens is 222 g/mol. The number of hydrogen-bond donors (Lipinski definition) is 1. The molecule has 1 atom stereocenters. The first-order valence-corrected chi connectivity index (χ1v) is 5.32. The number of esters is 1. The van der Waals surface area contributed by atoms with Crippen LogP contribution < -0.4 is 5.32 Å². The van der Waals surface area contributed by atoms with E-state index in [9.17, 15) is 9.59 Å². The van der Waals surface area contributed by atoms with Crippen molar-refractivity contribution in [2.45, 2.75) is 33.4 Å². The van der Waals surface area contributed by atoms with Crippen LogP contribution in [0.1, 0.15) is 18.3 Å². The number of amides is 1. The number of ether oxygens (including phenoxy) is 1. The lowest BCUT2D eigenvalue weighted by Crippen LogP contribution is -2.41. The molecule has 0 aromatic carbocycles. The topological polar surface area (TPSA) is 73.2 Å². The maximum Gasteiger partial charge on any atom is 0.328 e. The van der Waals surface area contributed by atoms with Crippen LogP contribution in [0.5, 0.6) is 0 Å². The summed E-state index contributed by atoms with van der Waals surface area (Å²) in [7, 11) is 1.28. The fraction of sp³-hybridized carbons (Fsp3) is 0.545. The standard InChI is InChI=1S/C11H17N3O3/c1-7-5-8(2)14(13-7)6-10(15)12-9(3)11(16)17-4/h5,9H,6H2,1-4H3,(H,12,15). The van der Waals surface area contributed by atoms with Crippen molar-refractivity contribution in [1.82, 2.24) is 15.1 Å². The molecule has 1 aromatic rings. The first-order chi connectivity index (χ1) is 7.93. The summed E-state index contributed by atoms with van der Waals surface area (Å²) in [5.41, 5.74) is 1.76. The van der Waals surface area contributed by atoms with Crippen molar-refractivity contribution in [3.8, 4) is 0 Å². The van der Waals surface area contributed by atoms with Crippen LogP contribution in [-0.4, -0.2) is 34.8 Å². The van der Waals surface area contributed by atoms with Crippen LogP contribution in [0.4, 0.5) is 0 Å². The molecule has 1 N–H and O–H groups in total. The molecule has 6 nitrogen and oxygen atoms in total. The van der Waals surface area contributed by atoms with Crippen molar-refractivity contribution >= 4 is 11.9 Å². The molecule has 0 aliphatic carbocycles. The maximum atomic E-state index is 11.6. The van der Waals surface area contributed by atoms with Crippen LogP contribution in [0.2, 0.25) is 0 Å². The van der Waals surface area contributed by atoms with E-state index in [2.05, 4.69) is 15.2 Å². The minimum atomic E-state index is -0.649. The Morgan fingerprint density at radius 3 is 2.65 bits per heavy atom. The van der Waals surface area contributed by atoms with Gasteiger partial charge < -0.3 is 10.1 Å². The summed E-state index contributed by atoms with van der Waals surface area (Å²) in [6.07, 6.45) is 0. The van der Waals surface area contributed by atoms with Crippen LogP contribution in [0.15, 0.2) is 6.07 Å². The van der Waals surface area contributed by atoms with E-state index in [0.717, 1.165) is 11.4 Å². The normalized spacial score (nSPS) is 12.0. The van der Waals surface area contributed by atoms with E-state index >= 15 is 0 Å². The van der Waals surface area contributed by atoms with Gasteiger partial charge in [0.15, 0.2) is 0 Å². The summed E-state index contributed by atoms with van der Waals surface area (Å²) in [5.74, 6) is -0.735. The largest absolute Gasteiger partial charge is 0.467 e. The van der Waals surface area contributed by atoms with Crippen molar-refractivity contribution < 1.29 is 14.3 Å². The lowest BCUT2D eigenvalue weighted by molar-refractivity contribution is -0.144. The van der Waals surface area contributed by atoms with Crippen LogP contribution in [0, 0.1) is 13.8 Å². The number of nitrogens with zero attached hydrogens (tertiary/aromatic N) is 2. The van der Waals surface area contributed by atoms with E-state index in [4.69, 9.17) is 0 Å². The van der Waals surface area contributed by atoms with Crippen molar-refractivity contribution in [3.05, 3.63) is 17.5 Å². The molecule has 1 amide bonds. The summed E-state index contributed by atoms with van der Waals surface area (Å²) >= 11 is 0. The molecule has 1 aromatic heterocycles. The Bertz CT molecular complexity index is 426. The number of aromatic nitrogens is 2. The zero-order valence-corrected chi connectivity index (χ0v) is 10.5. The van der Waals surface area contributed by atoms with Crippen molar-refractivity contribution in [2.24, 2.45) is 0 Å². The second-order valence-electron chi connectivity index (χ2n) is 3.90. The average Bonchev–Trinajstić information content (AvgIpc) is 2.55. The Labute approximate surface area is 99.9 Å². The molecule has 1 unspecified atom stereocenters. The predicted octanol–water partition coefficient (Wildman–Crippen LogP) is 0.178. The third-order valence-electron chi connectivity index (χ3n) is 2.33. The molecule has 0 fully saturated rings. The van der Waals surface area contributed by atoms with Crippen molar-refractivity contribution in [3.63, 3.8) is 0 Å². The number of nitrogens with one attached hydrogen (secondary N) is 1. The molecule has 6 heteroatoms. The Balaban J connectivity index is 2.56. The van der Waals surface area contributed by atoms with Crippen LogP contribution in [-0.2, 0) is 20.9 Å². The molecule has 0 saturated carbocycles. The molecule has 94 valence electrons. The van der Waals surface area contributed by atoms with E-state index in [1.54, 1.807) is 11.6 Å². The number of aryl methyl sites for hydroxylation is 2. The minimum absolute atomic E-state index is 0.0982. The van der Waals surface area contributed by atoms with Gasteiger partial charge in [0.1, 0.15) is 12.6 Å². The Kier molecular flexibility index (Phi) is 4.25. The lowest BCUT2D eigenvalue weighted by Gasteiger charge is -2.11. The van der Waals surface area contributed by atoms with Gasteiger partial charge in [-0.15, -0.1) is 0 Å². The SMILES string of the molecule is COC(=O)C(C)NC(=O)Cn1nc(C)cc1C. The molecule has 0 spiro atoms. The van der Waals surface area contributed by atoms with Gasteiger partial charge in [-0.2, -0.15) is 5.10 Å². The highest BCUT2D eigenvalue weighted by molar-refractivity contribution is 5.83. The monoisotopic (exact) mass is 239 g/mol. The quantitative estimate of drug-likeness (QED) is 0.760. The van der Waals surface area contributed by atoms with E-state index < -0.39 is 12.0 Å². The van der Waals surface area contributed by atoms with Gasteiger partial charge in [0.2, 0.25) is 5.91 Å². The zero-order chi connectivity index (χ0) is 13.0. The molecule has 0 aliphatic rings. The molecule has 0 aliphatic heterocycles. The van der Waals surface area contributed by atoms with Gasteiger partial charge in [-0.25, -0.2) is 4.79 Å². The Morgan fingerprint density at radius 2 is 2.18 bits per heavy atom. The number of hydrogen-bond acceptors (Lipinski definition) is 4. The second kappa shape index (κ2) is 5.47. The number of methoxy groups -OCH3 is 1. The smallest absolute Gasteiger partial charge is 0.328 e. The van der Waals surface area contributed by atoms with E-state index in [0.29, 0.717) is 0 Å². The zero-order valence-electron chi connectivity index (χ0n) is 10.5. The summed E-state index contributed by atoms with van der Waals surface area (Å²) in [6, 6.07) is 1.24. The lowest BCUT2D eigenvalue weighted by atomic mass is 10.3. The predicted molar refractivity (Wildman–Crippen MR) is 61.3 cm³/mol. The van der Waals surface area contributed by atoms with Crippen molar-refractivity contribution in [2.75, 3.05) is 7.11 Å². The number of carbonyl (C=O) groups is 2. The van der Waals surface area contributed by atoms with Crippen LogP contribution >= 0.6 is 0 Å². The third-order valence-corrected chi connectivity index (χ3v) is 2.33. The number of rotatable bonds is 4. The average molecular weight is 239 g/mol. The summed E-state index contributed by atoms with van der Waals surface area (Å²) < 4.78 is 6.11. The highest BCUT2D eigenvalue weighted by Crippen LogP contribution is 2.01. The first-order valence-electron chi connectivity index (χ1n) is 5.32. The highest BCUT2D eigenvalue weighted by atomic mass is 16.5. The highest BCUT2D eigenvalue weighted by Gasteiger charge is 2.16. The van der Waals surface area contributed by atoms with Gasteiger partial charge >= 0.3 is 5.97 Å².